The predicted octanol–water partition coefficient (Wildman–Crippen LogP) is 3.06. The van der Waals surface area contributed by atoms with Crippen LogP contribution in [0.15, 0.2) is 22.6 Å². The van der Waals surface area contributed by atoms with Gasteiger partial charge in [-0.05, 0) is 12.1 Å². The first-order valence-corrected chi connectivity index (χ1v) is 5.82. The van der Waals surface area contributed by atoms with Crippen molar-refractivity contribution in [2.24, 2.45) is 0 Å². The molecule has 2 rings (SSSR count). The van der Waals surface area contributed by atoms with Gasteiger partial charge in [0.1, 0.15) is 0 Å². The summed E-state index contributed by atoms with van der Waals surface area (Å²) in [6, 6.07) is 5.02. The lowest BCUT2D eigenvalue weighted by molar-refractivity contribution is -0.137. The molecule has 1 N–H and O–H groups in total. The number of carboxylic acid groups (broad SMARTS) is 1. The van der Waals surface area contributed by atoms with Gasteiger partial charge < -0.3 is 9.52 Å². The maximum atomic E-state index is 10.4. The lowest BCUT2D eigenvalue weighted by atomic mass is 10.2. The van der Waals surface area contributed by atoms with Gasteiger partial charge in [-0.3, -0.25) is 4.79 Å². The molecular formula is C11H8Cl2N2O3. The smallest absolute Gasteiger partial charge is 0.303 e. The Bertz CT molecular complexity index is 563. The number of rotatable bonds is 4. The maximum absolute atomic E-state index is 10.4. The number of carbonyl (C=O) groups is 1. The summed E-state index contributed by atoms with van der Waals surface area (Å²) < 4.78 is 5.33. The van der Waals surface area contributed by atoms with Gasteiger partial charge in [-0.25, -0.2) is 0 Å². The summed E-state index contributed by atoms with van der Waals surface area (Å²) in [5, 5.41) is 16.9. The van der Waals surface area contributed by atoms with Crippen LogP contribution in [0.25, 0.3) is 11.5 Å². The Morgan fingerprint density at radius 1 is 1.28 bits per heavy atom. The van der Waals surface area contributed by atoms with Gasteiger partial charge in [-0.2, -0.15) is 0 Å². The summed E-state index contributed by atoms with van der Waals surface area (Å²) in [6.45, 7) is 0. The third-order valence-electron chi connectivity index (χ3n) is 2.20. The number of aryl methyl sites for hydroxylation is 1. The van der Waals surface area contributed by atoms with Gasteiger partial charge in [0.15, 0.2) is 0 Å². The van der Waals surface area contributed by atoms with Gasteiger partial charge >= 0.3 is 5.97 Å². The lowest BCUT2D eigenvalue weighted by Gasteiger charge is -2.00. The van der Waals surface area contributed by atoms with Crippen LogP contribution in [0.5, 0.6) is 0 Å². The molecule has 94 valence electrons. The Hall–Kier alpha value is -1.59. The molecule has 0 atom stereocenters. The fraction of sp³-hybridized carbons (Fsp3) is 0.182. The lowest BCUT2D eigenvalue weighted by Crippen LogP contribution is -1.97. The highest BCUT2D eigenvalue weighted by Gasteiger charge is 2.15. The van der Waals surface area contributed by atoms with E-state index in [2.05, 4.69) is 10.2 Å². The van der Waals surface area contributed by atoms with E-state index in [1.54, 1.807) is 18.2 Å². The average Bonchev–Trinajstić information content (AvgIpc) is 2.75. The maximum Gasteiger partial charge on any atom is 0.303 e. The van der Waals surface area contributed by atoms with E-state index in [-0.39, 0.29) is 24.6 Å². The van der Waals surface area contributed by atoms with Crippen molar-refractivity contribution in [2.45, 2.75) is 12.8 Å². The van der Waals surface area contributed by atoms with Crippen LogP contribution < -0.4 is 0 Å². The third kappa shape index (κ3) is 2.80. The Morgan fingerprint density at radius 3 is 2.56 bits per heavy atom. The van der Waals surface area contributed by atoms with Gasteiger partial charge in [0.2, 0.25) is 5.89 Å². The first-order valence-electron chi connectivity index (χ1n) is 5.06. The van der Waals surface area contributed by atoms with Gasteiger partial charge in [0.25, 0.3) is 5.89 Å². The minimum atomic E-state index is -0.925. The van der Waals surface area contributed by atoms with Crippen LogP contribution in [0.2, 0.25) is 10.0 Å². The first kappa shape index (κ1) is 12.9. The Labute approximate surface area is 112 Å². The van der Waals surface area contributed by atoms with Crippen molar-refractivity contribution in [3.63, 3.8) is 0 Å². The SMILES string of the molecule is O=C(O)CCc1nnc(-c2c(Cl)cccc2Cl)o1. The monoisotopic (exact) mass is 286 g/mol. The highest BCUT2D eigenvalue weighted by atomic mass is 35.5. The second kappa shape index (κ2) is 5.37. The van der Waals surface area contributed by atoms with E-state index in [0.717, 1.165) is 0 Å². The molecule has 1 aromatic heterocycles. The zero-order chi connectivity index (χ0) is 13.1. The molecule has 0 aliphatic rings. The van der Waals surface area contributed by atoms with Crippen LogP contribution >= 0.6 is 23.2 Å². The molecule has 2 aromatic rings. The van der Waals surface area contributed by atoms with E-state index >= 15 is 0 Å². The summed E-state index contributed by atoms with van der Waals surface area (Å²) in [4.78, 5) is 10.4. The minimum Gasteiger partial charge on any atom is -0.481 e. The van der Waals surface area contributed by atoms with Crippen LogP contribution in [0, 0.1) is 0 Å². The molecule has 0 saturated carbocycles. The summed E-state index contributed by atoms with van der Waals surface area (Å²) in [7, 11) is 0. The number of nitrogens with zero attached hydrogens (tertiary/aromatic N) is 2. The molecule has 0 bridgehead atoms. The van der Waals surface area contributed by atoms with Gasteiger partial charge in [-0.15, -0.1) is 10.2 Å². The zero-order valence-corrected chi connectivity index (χ0v) is 10.6. The van der Waals surface area contributed by atoms with E-state index in [1.165, 1.54) is 0 Å². The molecule has 0 fully saturated rings. The molecule has 5 nitrogen and oxygen atoms in total. The Morgan fingerprint density at radius 2 is 1.94 bits per heavy atom. The predicted molar refractivity (Wildman–Crippen MR) is 65.7 cm³/mol. The number of halogens is 2. The number of aromatic nitrogens is 2. The summed E-state index contributed by atoms with van der Waals surface area (Å²) in [5.74, 6) is -0.500. The molecule has 0 saturated heterocycles. The molecular weight excluding hydrogens is 279 g/mol. The zero-order valence-electron chi connectivity index (χ0n) is 9.06. The van der Waals surface area contributed by atoms with Crippen molar-refractivity contribution >= 4 is 29.2 Å². The van der Waals surface area contributed by atoms with Crippen molar-refractivity contribution in [1.82, 2.24) is 10.2 Å². The molecule has 0 spiro atoms. The van der Waals surface area contributed by atoms with Crippen LogP contribution in [0.3, 0.4) is 0 Å². The normalized spacial score (nSPS) is 10.6. The fourth-order valence-electron chi connectivity index (χ4n) is 1.37. The van der Waals surface area contributed by atoms with Gasteiger partial charge in [0.05, 0.1) is 22.0 Å². The van der Waals surface area contributed by atoms with Gasteiger partial charge in [-0.1, -0.05) is 29.3 Å². The van der Waals surface area contributed by atoms with Crippen molar-refractivity contribution in [3.05, 3.63) is 34.1 Å². The van der Waals surface area contributed by atoms with Crippen LogP contribution in [0.4, 0.5) is 0 Å². The molecule has 7 heteroatoms. The summed E-state index contributed by atoms with van der Waals surface area (Å²) in [6.07, 6.45) is 0.0995. The molecule has 0 aliphatic carbocycles. The van der Waals surface area contributed by atoms with Gasteiger partial charge in [0, 0.05) is 6.42 Å². The average molecular weight is 287 g/mol. The molecule has 0 unspecified atom stereocenters. The number of hydrogen-bond donors (Lipinski definition) is 1. The van der Waals surface area contributed by atoms with E-state index < -0.39 is 5.97 Å². The highest BCUT2D eigenvalue weighted by molar-refractivity contribution is 6.38. The van der Waals surface area contributed by atoms with E-state index in [1.807, 2.05) is 0 Å². The summed E-state index contributed by atoms with van der Waals surface area (Å²) >= 11 is 12.0. The molecule has 18 heavy (non-hydrogen) atoms. The Balaban J connectivity index is 2.27. The van der Waals surface area contributed by atoms with Crippen molar-refractivity contribution < 1.29 is 14.3 Å². The second-order valence-corrected chi connectivity index (χ2v) is 4.31. The fourth-order valence-corrected chi connectivity index (χ4v) is 1.93. The highest BCUT2D eigenvalue weighted by Crippen LogP contribution is 2.33. The largest absolute Gasteiger partial charge is 0.481 e. The molecule has 1 heterocycles. The standard InChI is InChI=1S/C11H8Cl2N2O3/c12-6-2-1-3-7(13)10(6)11-15-14-8(18-11)4-5-9(16)17/h1-3H,4-5H2,(H,16,17). The molecule has 0 radical (unpaired) electrons. The second-order valence-electron chi connectivity index (χ2n) is 3.49. The van der Waals surface area contributed by atoms with Crippen molar-refractivity contribution in [3.8, 4) is 11.5 Å². The van der Waals surface area contributed by atoms with Crippen LogP contribution in [-0.4, -0.2) is 21.3 Å². The quantitative estimate of drug-likeness (QED) is 0.935. The van der Waals surface area contributed by atoms with Crippen molar-refractivity contribution in [1.29, 1.82) is 0 Å². The molecule has 0 amide bonds. The van der Waals surface area contributed by atoms with Crippen molar-refractivity contribution in [2.75, 3.05) is 0 Å². The van der Waals surface area contributed by atoms with Crippen LogP contribution in [0.1, 0.15) is 12.3 Å². The van der Waals surface area contributed by atoms with Crippen LogP contribution in [-0.2, 0) is 11.2 Å². The molecule has 0 aliphatic heterocycles. The topological polar surface area (TPSA) is 76.2 Å². The number of aliphatic carboxylic acids is 1. The minimum absolute atomic E-state index is 0.0715. The molecule has 1 aromatic carbocycles. The van der Waals surface area contributed by atoms with E-state index in [0.29, 0.717) is 15.6 Å². The third-order valence-corrected chi connectivity index (χ3v) is 2.83. The van der Waals surface area contributed by atoms with E-state index in [9.17, 15) is 4.79 Å². The first-order chi connectivity index (χ1) is 8.58. The number of benzene rings is 1. The van der Waals surface area contributed by atoms with E-state index in [4.69, 9.17) is 32.7 Å². The Kier molecular flexibility index (Phi) is 3.84. The summed E-state index contributed by atoms with van der Waals surface area (Å²) in [5.41, 5.74) is 0.454. The number of hydrogen-bond acceptors (Lipinski definition) is 4. The number of carboxylic acids is 1.